The number of amides is 1. The molecule has 1 aliphatic carbocycles. The summed E-state index contributed by atoms with van der Waals surface area (Å²) >= 11 is 1.91. The molecular weight excluding hydrogens is 248 g/mol. The zero-order valence-corrected chi connectivity index (χ0v) is 11.7. The molecule has 1 amide bonds. The number of nitrogens with one attached hydrogen (secondary N) is 2. The topological polar surface area (TPSA) is 61.4 Å². The number of hydrogen-bond acceptors (Lipinski definition) is 4. The average Bonchev–Trinajstić information content (AvgIpc) is 2.40. The maximum absolute atomic E-state index is 12.0. The summed E-state index contributed by atoms with van der Waals surface area (Å²) in [7, 11) is 0. The largest absolute Gasteiger partial charge is 0.396 e. The lowest BCUT2D eigenvalue weighted by Gasteiger charge is -2.31. The molecule has 3 unspecified atom stereocenters. The van der Waals surface area contributed by atoms with E-state index in [9.17, 15) is 9.90 Å². The summed E-state index contributed by atoms with van der Waals surface area (Å²) < 4.78 is 0. The molecule has 1 aliphatic heterocycles. The molecule has 0 bridgehead atoms. The lowest BCUT2D eigenvalue weighted by atomic mass is 9.85. The van der Waals surface area contributed by atoms with Crippen LogP contribution >= 0.6 is 11.8 Å². The summed E-state index contributed by atoms with van der Waals surface area (Å²) in [5.74, 6) is 2.58. The predicted molar refractivity (Wildman–Crippen MR) is 74.7 cm³/mol. The molecule has 104 valence electrons. The van der Waals surface area contributed by atoms with Crippen LogP contribution in [0.1, 0.15) is 32.1 Å². The maximum atomic E-state index is 12.0. The first-order chi connectivity index (χ1) is 8.79. The van der Waals surface area contributed by atoms with E-state index < -0.39 is 0 Å². The molecule has 3 N–H and O–H groups in total. The van der Waals surface area contributed by atoms with Crippen molar-refractivity contribution in [2.45, 2.75) is 44.2 Å². The second-order valence-electron chi connectivity index (χ2n) is 5.33. The number of aliphatic hydroxyl groups is 1. The zero-order chi connectivity index (χ0) is 12.8. The van der Waals surface area contributed by atoms with E-state index in [1.807, 2.05) is 11.8 Å². The van der Waals surface area contributed by atoms with Gasteiger partial charge in [0.2, 0.25) is 5.91 Å². The van der Waals surface area contributed by atoms with Crippen molar-refractivity contribution in [1.29, 1.82) is 0 Å². The van der Waals surface area contributed by atoms with Crippen molar-refractivity contribution in [1.82, 2.24) is 10.6 Å². The van der Waals surface area contributed by atoms with Crippen LogP contribution in [0.3, 0.4) is 0 Å². The molecule has 18 heavy (non-hydrogen) atoms. The van der Waals surface area contributed by atoms with Crippen LogP contribution in [-0.2, 0) is 4.79 Å². The van der Waals surface area contributed by atoms with Crippen LogP contribution in [0.15, 0.2) is 0 Å². The zero-order valence-electron chi connectivity index (χ0n) is 10.9. The average molecular weight is 272 g/mol. The Labute approximate surface area is 113 Å². The first-order valence-electron chi connectivity index (χ1n) is 7.01. The molecule has 0 aromatic heterocycles. The van der Waals surface area contributed by atoms with Crippen molar-refractivity contribution < 1.29 is 9.90 Å². The summed E-state index contributed by atoms with van der Waals surface area (Å²) in [5, 5.41) is 15.8. The van der Waals surface area contributed by atoms with E-state index in [4.69, 9.17) is 0 Å². The first-order valence-corrected chi connectivity index (χ1v) is 8.16. The van der Waals surface area contributed by atoms with Gasteiger partial charge in [0, 0.05) is 49.1 Å². The fraction of sp³-hybridized carbons (Fsp3) is 0.923. The second kappa shape index (κ2) is 7.36. The Balaban J connectivity index is 1.75. The van der Waals surface area contributed by atoms with Crippen LogP contribution in [-0.4, -0.2) is 47.8 Å². The van der Waals surface area contributed by atoms with E-state index in [1.165, 1.54) is 12.8 Å². The highest BCUT2D eigenvalue weighted by atomic mass is 32.2. The fourth-order valence-corrected chi connectivity index (χ4v) is 3.81. The summed E-state index contributed by atoms with van der Waals surface area (Å²) in [6, 6.07) is 0.507. The molecule has 1 heterocycles. The van der Waals surface area contributed by atoms with Gasteiger partial charge < -0.3 is 15.7 Å². The van der Waals surface area contributed by atoms with Gasteiger partial charge in [0.05, 0.1) is 0 Å². The monoisotopic (exact) mass is 272 g/mol. The van der Waals surface area contributed by atoms with E-state index >= 15 is 0 Å². The minimum Gasteiger partial charge on any atom is -0.396 e. The highest BCUT2D eigenvalue weighted by molar-refractivity contribution is 7.99. The minimum absolute atomic E-state index is 0.139. The summed E-state index contributed by atoms with van der Waals surface area (Å²) in [4.78, 5) is 12.0. The Morgan fingerprint density at radius 1 is 1.39 bits per heavy atom. The van der Waals surface area contributed by atoms with Crippen molar-refractivity contribution in [2.75, 3.05) is 24.7 Å². The Hall–Kier alpha value is -0.260. The SMILES string of the molecule is O=C(CC1CSCCN1)NC1CCCCC1CO. The van der Waals surface area contributed by atoms with E-state index in [1.54, 1.807) is 0 Å². The number of thioether (sulfide) groups is 1. The molecule has 2 aliphatic rings. The van der Waals surface area contributed by atoms with Gasteiger partial charge in [0.25, 0.3) is 0 Å². The third kappa shape index (κ3) is 4.14. The highest BCUT2D eigenvalue weighted by Crippen LogP contribution is 2.24. The van der Waals surface area contributed by atoms with Gasteiger partial charge in [-0.15, -0.1) is 0 Å². The van der Waals surface area contributed by atoms with E-state index in [2.05, 4.69) is 10.6 Å². The standard InChI is InChI=1S/C13H24N2O2S/c16-8-10-3-1-2-4-12(10)15-13(17)7-11-9-18-6-5-14-11/h10-12,14,16H,1-9H2,(H,15,17). The molecule has 4 nitrogen and oxygen atoms in total. The van der Waals surface area contributed by atoms with Crippen molar-refractivity contribution >= 4 is 17.7 Å². The molecule has 0 aromatic carbocycles. The normalized spacial score (nSPS) is 33.1. The van der Waals surface area contributed by atoms with Crippen molar-refractivity contribution in [3.63, 3.8) is 0 Å². The van der Waals surface area contributed by atoms with E-state index in [-0.39, 0.29) is 24.5 Å². The van der Waals surface area contributed by atoms with E-state index in [0.717, 1.165) is 30.9 Å². The van der Waals surface area contributed by atoms with Gasteiger partial charge >= 0.3 is 0 Å². The molecule has 1 saturated carbocycles. The summed E-state index contributed by atoms with van der Waals surface area (Å²) in [6.45, 7) is 1.20. The Morgan fingerprint density at radius 2 is 2.22 bits per heavy atom. The number of hydrogen-bond donors (Lipinski definition) is 3. The van der Waals surface area contributed by atoms with Gasteiger partial charge in [-0.2, -0.15) is 11.8 Å². The molecular formula is C13H24N2O2S. The fourth-order valence-electron chi connectivity index (χ4n) is 2.86. The van der Waals surface area contributed by atoms with Crippen molar-refractivity contribution in [2.24, 2.45) is 5.92 Å². The second-order valence-corrected chi connectivity index (χ2v) is 6.48. The third-order valence-corrected chi connectivity index (χ3v) is 5.05. The molecule has 0 aromatic rings. The molecule has 5 heteroatoms. The predicted octanol–water partition coefficient (Wildman–Crippen LogP) is 0.749. The lowest BCUT2D eigenvalue weighted by molar-refractivity contribution is -0.122. The number of rotatable bonds is 4. The van der Waals surface area contributed by atoms with Crippen LogP contribution in [0.2, 0.25) is 0 Å². The third-order valence-electron chi connectivity index (χ3n) is 3.92. The van der Waals surface area contributed by atoms with Crippen LogP contribution in [0.4, 0.5) is 0 Å². The van der Waals surface area contributed by atoms with Gasteiger partial charge in [0.1, 0.15) is 0 Å². The van der Waals surface area contributed by atoms with Gasteiger partial charge in [-0.1, -0.05) is 12.8 Å². The van der Waals surface area contributed by atoms with Crippen molar-refractivity contribution in [3.05, 3.63) is 0 Å². The van der Waals surface area contributed by atoms with Gasteiger partial charge in [-0.05, 0) is 12.8 Å². The number of carbonyl (C=O) groups is 1. The molecule has 0 radical (unpaired) electrons. The smallest absolute Gasteiger partial charge is 0.221 e. The number of carbonyl (C=O) groups excluding carboxylic acids is 1. The molecule has 0 spiro atoms. The quantitative estimate of drug-likeness (QED) is 0.707. The molecule has 1 saturated heterocycles. The van der Waals surface area contributed by atoms with Crippen LogP contribution in [0, 0.1) is 5.92 Å². The maximum Gasteiger partial charge on any atom is 0.221 e. The molecule has 2 rings (SSSR count). The van der Waals surface area contributed by atoms with Crippen LogP contribution < -0.4 is 10.6 Å². The minimum atomic E-state index is 0.139. The van der Waals surface area contributed by atoms with Crippen LogP contribution in [0.5, 0.6) is 0 Å². The molecule has 2 fully saturated rings. The first kappa shape index (κ1) is 14.2. The van der Waals surface area contributed by atoms with E-state index in [0.29, 0.717) is 12.5 Å². The Kier molecular flexibility index (Phi) is 5.79. The Bertz CT molecular complexity index is 270. The van der Waals surface area contributed by atoms with Crippen LogP contribution in [0.25, 0.3) is 0 Å². The molecule has 3 atom stereocenters. The summed E-state index contributed by atoms with van der Waals surface area (Å²) in [5.41, 5.74) is 0. The van der Waals surface area contributed by atoms with Crippen molar-refractivity contribution in [3.8, 4) is 0 Å². The lowest BCUT2D eigenvalue weighted by Crippen LogP contribution is -2.47. The Morgan fingerprint density at radius 3 is 2.94 bits per heavy atom. The van der Waals surface area contributed by atoms with Gasteiger partial charge in [-0.25, -0.2) is 0 Å². The van der Waals surface area contributed by atoms with Gasteiger partial charge in [-0.3, -0.25) is 4.79 Å². The number of aliphatic hydroxyl groups excluding tert-OH is 1. The highest BCUT2D eigenvalue weighted by Gasteiger charge is 2.26. The van der Waals surface area contributed by atoms with Gasteiger partial charge in [0.15, 0.2) is 0 Å². The summed E-state index contributed by atoms with van der Waals surface area (Å²) in [6.07, 6.45) is 4.97.